The van der Waals surface area contributed by atoms with Crippen molar-refractivity contribution in [3.05, 3.63) is 274 Å². The maximum atomic E-state index is 16.1. The van der Waals surface area contributed by atoms with Crippen molar-refractivity contribution < 1.29 is 184 Å². The average Bonchev–Trinajstić information content (AvgIpc) is 0.920. The fourth-order valence-corrected chi connectivity index (χ4v) is 19.0. The minimum atomic E-state index is -6.63. The summed E-state index contributed by atoms with van der Waals surface area (Å²) in [5, 5.41) is -30.8. The first kappa shape index (κ1) is 83.4. The Hall–Kier alpha value is -11.0. The zero-order chi connectivity index (χ0) is 85.6. The van der Waals surface area contributed by atoms with E-state index in [0.717, 1.165) is 11.0 Å². The molecule has 0 spiro atoms. The van der Waals surface area contributed by atoms with E-state index in [1.54, 1.807) is 6.33 Å². The van der Waals surface area contributed by atoms with Crippen molar-refractivity contribution in [2.45, 2.75) is 13.8 Å². The van der Waals surface area contributed by atoms with Gasteiger partial charge in [-0.2, -0.15) is 0 Å². The molecule has 0 bridgehead atoms. The zero-order valence-corrected chi connectivity index (χ0v) is 56.0. The van der Waals surface area contributed by atoms with Crippen LogP contribution in [0, 0.1) is 258 Å². The lowest BCUT2D eigenvalue weighted by atomic mass is 10.1. The summed E-state index contributed by atoms with van der Waals surface area (Å²) in [5.74, 6) is -129. The number of H-pyrrole nitrogens is 1. The van der Waals surface area contributed by atoms with Gasteiger partial charge in [-0.25, -0.2) is 189 Å². The Morgan fingerprint density at radius 2 is 0.304 bits per heavy atom. The molecule has 0 unspecified atom stereocenters. The van der Waals surface area contributed by atoms with Gasteiger partial charge in [0.2, 0.25) is 0 Å². The Kier molecular flexibility index (Phi) is 21.1. The molecular weight excluding hydrogens is 1710 g/mol. The molecule has 0 amide bonds. The standard InChI is InChI=1S/6C10F7.C9H10N2.2Al/c6*11-2-1-3(12)6(13)5-4(2)7(14)9(16)10(17)8(5)15;1-6-3-8-9(4-7(6)2)11-5-10-8;;/h;;;;;;3-5H,1-2H3,(H,10,11);;. The summed E-state index contributed by atoms with van der Waals surface area (Å²) in [6.45, 7) is 4.21. The van der Waals surface area contributed by atoms with Crippen LogP contribution in [0.3, 0.4) is 0 Å². The third-order valence-corrected chi connectivity index (χ3v) is 24.5. The quantitative estimate of drug-likeness (QED) is 0.0764. The molecule has 0 fully saturated rings. The molecule has 13 aromatic carbocycles. The van der Waals surface area contributed by atoms with Crippen LogP contribution in [0.4, 0.5) is 184 Å². The molecule has 0 aliphatic heterocycles. The highest BCUT2D eigenvalue weighted by Crippen LogP contribution is 2.41. The summed E-state index contributed by atoms with van der Waals surface area (Å²) in [4.78, 5) is 7.24. The van der Waals surface area contributed by atoms with Crippen LogP contribution in [-0.4, -0.2) is 38.3 Å². The Balaban J connectivity index is 0.000000187. The number of nitrogens with one attached hydrogen (secondary N) is 1. The molecule has 0 saturated carbocycles. The minimum Gasteiger partial charge on any atom is -0.345 e. The lowest BCUT2D eigenvalue weighted by molar-refractivity contribution is 0.412. The molecule has 1 aromatic heterocycles. The second kappa shape index (κ2) is 29.1. The van der Waals surface area contributed by atoms with Crippen LogP contribution in [0.25, 0.3) is 75.7 Å². The summed E-state index contributed by atoms with van der Waals surface area (Å²) in [6, 6.07) is 4.22. The Bertz CT molecular complexity index is 5830. The van der Waals surface area contributed by atoms with Crippen LogP contribution in [-0.2, 0) is 0 Å². The smallest absolute Gasteiger partial charge is 0.345 e. The molecular formula is C69H10Al2F42N2. The second-order valence-electron chi connectivity index (χ2n) is 23.9. The van der Waals surface area contributed by atoms with Crippen LogP contribution in [0.1, 0.15) is 11.1 Å². The maximum absolute atomic E-state index is 16.1. The lowest BCUT2D eigenvalue weighted by Gasteiger charge is -2.22. The van der Waals surface area contributed by atoms with Crippen molar-refractivity contribution in [1.29, 1.82) is 0 Å². The number of hydrogen-bond donors (Lipinski definition) is 1. The number of imidazole rings is 1. The van der Waals surface area contributed by atoms with Gasteiger partial charge < -0.3 is 4.98 Å². The minimum absolute atomic E-state index is 1.05. The van der Waals surface area contributed by atoms with Crippen LogP contribution in [0.5, 0.6) is 0 Å². The largest absolute Gasteiger partial charge is 0.412 e. The fourth-order valence-electron chi connectivity index (χ4n) is 12.6. The number of aromatic nitrogens is 2. The number of fused-ring (bicyclic) bond motifs is 7. The number of aryl methyl sites for hydroxylation is 2. The van der Waals surface area contributed by atoms with Crippen LogP contribution in [0.2, 0.25) is 0 Å². The summed E-state index contributed by atoms with van der Waals surface area (Å²) in [6.07, 6.45) is 1.73. The second-order valence-corrected chi connectivity index (χ2v) is 29.1. The van der Waals surface area contributed by atoms with Gasteiger partial charge in [-0.05, 0) is 63.7 Å². The Morgan fingerprint density at radius 3 is 0.461 bits per heavy atom. The van der Waals surface area contributed by atoms with E-state index >= 15 is 79.0 Å². The third kappa shape index (κ3) is 11.8. The van der Waals surface area contributed by atoms with E-state index in [1.165, 1.54) is 11.1 Å². The number of halogens is 42. The topological polar surface area (TPSA) is 28.7 Å². The summed E-state index contributed by atoms with van der Waals surface area (Å²) in [5.41, 5.74) is 4.77. The van der Waals surface area contributed by atoms with Gasteiger partial charge in [0.15, 0.2) is 175 Å². The molecule has 596 valence electrons. The first-order valence-electron chi connectivity index (χ1n) is 29.8. The van der Waals surface area contributed by atoms with Crippen molar-refractivity contribution in [2.24, 2.45) is 0 Å². The summed E-state index contributed by atoms with van der Waals surface area (Å²) in [7, 11) is 0. The van der Waals surface area contributed by atoms with Crippen LogP contribution in [0.15, 0.2) is 18.5 Å². The highest BCUT2D eigenvalue weighted by atomic mass is 27.2. The van der Waals surface area contributed by atoms with Crippen LogP contribution >= 0.6 is 0 Å². The van der Waals surface area contributed by atoms with E-state index in [-0.39, 0.29) is 0 Å². The van der Waals surface area contributed by atoms with Crippen molar-refractivity contribution in [3.63, 3.8) is 0 Å². The highest BCUT2D eigenvalue weighted by Gasteiger charge is 2.51. The molecule has 46 heteroatoms. The maximum Gasteiger partial charge on any atom is 0.412 e. The molecule has 14 rings (SSSR count). The van der Waals surface area contributed by atoms with Gasteiger partial charge in [0, 0.05) is 0 Å². The van der Waals surface area contributed by atoms with Crippen molar-refractivity contribution in [1.82, 2.24) is 9.97 Å². The zero-order valence-electron chi connectivity index (χ0n) is 53.7. The molecule has 1 heterocycles. The van der Waals surface area contributed by atoms with Gasteiger partial charge in [0.05, 0.1) is 82.0 Å². The molecule has 0 saturated heterocycles. The van der Waals surface area contributed by atoms with Crippen molar-refractivity contribution in [3.8, 4) is 0 Å². The van der Waals surface area contributed by atoms with Crippen LogP contribution < -0.4 is 26.6 Å². The molecule has 0 aliphatic carbocycles. The van der Waals surface area contributed by atoms with Gasteiger partial charge in [0.25, 0.3) is 0 Å². The van der Waals surface area contributed by atoms with Gasteiger partial charge in [-0.1, -0.05) is 0 Å². The summed E-state index contributed by atoms with van der Waals surface area (Å²) >= 11 is -13.3. The number of aromatic amines is 1. The number of nitrogens with zero attached hydrogens (tertiary/aromatic N) is 1. The predicted molar refractivity (Wildman–Crippen MR) is 317 cm³/mol. The molecule has 0 atom stereocenters. The number of hydrogen-bond acceptors (Lipinski definition) is 1. The van der Waals surface area contributed by atoms with E-state index < -0.39 is 364 Å². The van der Waals surface area contributed by atoms with E-state index in [9.17, 15) is 105 Å². The molecule has 1 N–H and O–H groups in total. The SMILES string of the molecule is Cc1cc2nc[nH]c2cc1C.Fc1c(F)c(F)c2c(F)[c]([Al]([c]3c(F)c(F)c4c(F)c(F)c(F)c(F)c4c3F)[c]3c(F)c(F)c4c(F)c(F)c(F)c(F)c4c3F)c(F)c(F)c2c1F.Fc1c(F)c(F)c2c(F)[c]([Al]([c]3c(F)c(F)c4c(F)c(F)c(F)c(F)c4c3F)[c]3c(F)c(F)c4c(F)c(F)c(F)c(F)c4c3F)c(F)c(F)c2c1F. The molecule has 115 heavy (non-hydrogen) atoms. The van der Waals surface area contributed by atoms with Gasteiger partial charge in [-0.3, -0.25) is 0 Å². The normalized spacial score (nSPS) is 11.8. The van der Waals surface area contributed by atoms with Gasteiger partial charge >= 0.3 is 28.3 Å². The molecule has 14 aromatic rings. The average molecular weight is 1720 g/mol. The number of rotatable bonds is 6. The van der Waals surface area contributed by atoms with E-state index in [2.05, 4.69) is 35.9 Å². The Labute approximate surface area is 610 Å². The highest BCUT2D eigenvalue weighted by molar-refractivity contribution is 6.97. The van der Waals surface area contributed by atoms with Gasteiger partial charge in [-0.15, -0.1) is 0 Å². The van der Waals surface area contributed by atoms with E-state index in [0.29, 0.717) is 0 Å². The summed E-state index contributed by atoms with van der Waals surface area (Å²) < 4.78 is 611. The van der Waals surface area contributed by atoms with Gasteiger partial charge in [0.1, 0.15) is 69.8 Å². The lowest BCUT2D eigenvalue weighted by Crippen LogP contribution is -2.60. The van der Waals surface area contributed by atoms with Crippen molar-refractivity contribution in [2.75, 3.05) is 0 Å². The van der Waals surface area contributed by atoms with E-state index in [4.69, 9.17) is 0 Å². The molecule has 0 aliphatic rings. The third-order valence-electron chi connectivity index (χ3n) is 18.0. The van der Waals surface area contributed by atoms with E-state index in [1.807, 2.05) is 0 Å². The fraction of sp³-hybridized carbons (Fsp3) is 0.0290. The first-order valence-corrected chi connectivity index (χ1v) is 33.3. The Morgan fingerprint density at radius 1 is 0.174 bits per heavy atom. The molecule has 2 nitrogen and oxygen atoms in total. The first-order chi connectivity index (χ1) is 53.5. The number of benzene rings is 13. The monoisotopic (exact) mass is 1720 g/mol. The van der Waals surface area contributed by atoms with Crippen molar-refractivity contribution >= 4 is 131 Å². The predicted octanol–water partition coefficient (Wildman–Crippen LogP) is 19.3. The molecule has 0 radical (unpaired) electrons.